The number of hydrogen-bond donors (Lipinski definition) is 1. The number of nitrogens with zero attached hydrogens (tertiary/aromatic N) is 5. The van der Waals surface area contributed by atoms with Crippen molar-refractivity contribution in [2.24, 2.45) is 0 Å². The average Bonchev–Trinajstić information content (AvgIpc) is 3.15. The molecule has 0 fully saturated rings. The molecule has 0 unspecified atom stereocenters. The molecule has 5 aromatic rings. The van der Waals surface area contributed by atoms with E-state index >= 15 is 0 Å². The zero-order valence-electron chi connectivity index (χ0n) is 15.5. The van der Waals surface area contributed by atoms with Gasteiger partial charge in [-0.3, -0.25) is 0 Å². The predicted molar refractivity (Wildman–Crippen MR) is 110 cm³/mol. The van der Waals surface area contributed by atoms with Gasteiger partial charge < -0.3 is 10.5 Å². The molecule has 142 valence electrons. The molecule has 2 N–H and O–H groups in total. The minimum Gasteiger partial charge on any atom is -0.462 e. The summed E-state index contributed by atoms with van der Waals surface area (Å²) in [5.41, 5.74) is 7.66. The lowest BCUT2D eigenvalue weighted by atomic mass is 10.00. The molecule has 0 aliphatic carbocycles. The molecule has 0 radical (unpaired) electrons. The van der Waals surface area contributed by atoms with Crippen molar-refractivity contribution in [3.05, 3.63) is 60.3 Å². The van der Waals surface area contributed by atoms with Crippen LogP contribution in [0.5, 0.6) is 0 Å². The standard InChI is InChI=1S/C21H16N6O2/c1-2-29-20(28)16-11-23-27(19(16)22)21-24-17-14-9-5-3-7-12(14)13-8-4-6-10-15(13)18(17)25-26-21/h3-11H,2,22H2,1H3. The van der Waals surface area contributed by atoms with E-state index in [0.29, 0.717) is 11.0 Å². The third-order valence-corrected chi connectivity index (χ3v) is 4.82. The fourth-order valence-corrected chi connectivity index (χ4v) is 3.51. The van der Waals surface area contributed by atoms with Gasteiger partial charge in [0.1, 0.15) is 22.4 Å². The topological polar surface area (TPSA) is 109 Å². The lowest BCUT2D eigenvalue weighted by Gasteiger charge is -2.09. The maximum Gasteiger partial charge on any atom is 0.343 e. The van der Waals surface area contributed by atoms with Crippen molar-refractivity contribution in [1.82, 2.24) is 25.0 Å². The number of aromatic nitrogens is 5. The Bertz CT molecular complexity index is 1370. The van der Waals surface area contributed by atoms with Crippen LogP contribution in [0, 0.1) is 0 Å². The van der Waals surface area contributed by atoms with Gasteiger partial charge in [-0.15, -0.1) is 10.2 Å². The van der Waals surface area contributed by atoms with Crippen molar-refractivity contribution in [1.29, 1.82) is 0 Å². The molecule has 0 saturated heterocycles. The second-order valence-electron chi connectivity index (χ2n) is 6.48. The Morgan fingerprint density at radius 2 is 1.59 bits per heavy atom. The maximum absolute atomic E-state index is 12.0. The fraction of sp³-hybridized carbons (Fsp3) is 0.0952. The number of nitrogen functional groups attached to an aromatic ring is 1. The maximum atomic E-state index is 12.0. The van der Waals surface area contributed by atoms with Crippen molar-refractivity contribution >= 4 is 44.4 Å². The molecule has 0 amide bonds. The molecule has 8 nitrogen and oxygen atoms in total. The largest absolute Gasteiger partial charge is 0.462 e. The number of rotatable bonds is 3. The first kappa shape index (κ1) is 17.1. The number of esters is 1. The predicted octanol–water partition coefficient (Wildman–Crippen LogP) is 3.28. The molecule has 0 spiro atoms. The first-order valence-corrected chi connectivity index (χ1v) is 9.14. The first-order valence-electron chi connectivity index (χ1n) is 9.14. The average molecular weight is 384 g/mol. The van der Waals surface area contributed by atoms with E-state index in [-0.39, 0.29) is 23.9 Å². The fourth-order valence-electron chi connectivity index (χ4n) is 3.51. The lowest BCUT2D eigenvalue weighted by molar-refractivity contribution is 0.0527. The summed E-state index contributed by atoms with van der Waals surface area (Å²) in [6.45, 7) is 1.97. The Kier molecular flexibility index (Phi) is 3.83. The summed E-state index contributed by atoms with van der Waals surface area (Å²) in [7, 11) is 0. The van der Waals surface area contributed by atoms with Crippen LogP contribution in [0.4, 0.5) is 5.82 Å². The summed E-state index contributed by atoms with van der Waals surface area (Å²) >= 11 is 0. The van der Waals surface area contributed by atoms with Crippen LogP contribution in [0.2, 0.25) is 0 Å². The Morgan fingerprint density at radius 1 is 0.966 bits per heavy atom. The van der Waals surface area contributed by atoms with E-state index in [9.17, 15) is 4.79 Å². The van der Waals surface area contributed by atoms with Crippen LogP contribution in [-0.2, 0) is 4.74 Å². The minimum absolute atomic E-state index is 0.106. The van der Waals surface area contributed by atoms with Gasteiger partial charge in [-0.05, 0) is 17.7 Å². The SMILES string of the molecule is CCOC(=O)c1cnn(-c2nnc3c4ccccc4c4ccccc4c3n2)c1N. The van der Waals surface area contributed by atoms with Gasteiger partial charge in [0.2, 0.25) is 0 Å². The monoisotopic (exact) mass is 384 g/mol. The molecule has 0 aliphatic heterocycles. The molecular formula is C21H16N6O2. The number of anilines is 1. The van der Waals surface area contributed by atoms with Crippen LogP contribution >= 0.6 is 0 Å². The number of carbonyl (C=O) groups excluding carboxylic acids is 1. The molecule has 8 heteroatoms. The quantitative estimate of drug-likeness (QED) is 0.375. The molecule has 0 atom stereocenters. The Morgan fingerprint density at radius 3 is 2.24 bits per heavy atom. The molecule has 3 aromatic carbocycles. The highest BCUT2D eigenvalue weighted by Crippen LogP contribution is 2.32. The summed E-state index contributed by atoms with van der Waals surface area (Å²) in [6, 6.07) is 16.0. The number of carbonyl (C=O) groups is 1. The van der Waals surface area contributed by atoms with Crippen molar-refractivity contribution in [3.8, 4) is 5.95 Å². The smallest absolute Gasteiger partial charge is 0.343 e. The Balaban J connectivity index is 1.78. The summed E-state index contributed by atoms with van der Waals surface area (Å²) < 4.78 is 6.30. The van der Waals surface area contributed by atoms with Crippen LogP contribution in [0.25, 0.3) is 38.5 Å². The normalized spacial score (nSPS) is 11.3. The van der Waals surface area contributed by atoms with Crippen LogP contribution in [0.1, 0.15) is 17.3 Å². The first-order chi connectivity index (χ1) is 14.2. The number of ether oxygens (including phenoxy) is 1. The van der Waals surface area contributed by atoms with Gasteiger partial charge in [0.15, 0.2) is 0 Å². The highest BCUT2D eigenvalue weighted by Gasteiger charge is 2.20. The van der Waals surface area contributed by atoms with Gasteiger partial charge >= 0.3 is 5.97 Å². The number of nitrogens with two attached hydrogens (primary N) is 1. The second-order valence-corrected chi connectivity index (χ2v) is 6.48. The summed E-state index contributed by atoms with van der Waals surface area (Å²) in [5, 5.41) is 16.9. The zero-order chi connectivity index (χ0) is 20.0. The molecule has 0 aliphatic rings. The number of fused-ring (bicyclic) bond motifs is 6. The Hall–Kier alpha value is -4.07. The minimum atomic E-state index is -0.540. The highest BCUT2D eigenvalue weighted by molar-refractivity contribution is 6.22. The molecule has 5 rings (SSSR count). The lowest BCUT2D eigenvalue weighted by Crippen LogP contribution is -2.11. The zero-order valence-corrected chi connectivity index (χ0v) is 15.5. The molecule has 0 saturated carbocycles. The van der Waals surface area contributed by atoms with E-state index in [0.717, 1.165) is 21.5 Å². The van der Waals surface area contributed by atoms with Crippen LogP contribution in [0.3, 0.4) is 0 Å². The van der Waals surface area contributed by atoms with Gasteiger partial charge in [-0.2, -0.15) is 9.78 Å². The molecule has 2 heterocycles. The summed E-state index contributed by atoms with van der Waals surface area (Å²) in [5.74, 6) is -0.248. The molecule has 29 heavy (non-hydrogen) atoms. The highest BCUT2D eigenvalue weighted by atomic mass is 16.5. The van der Waals surface area contributed by atoms with E-state index < -0.39 is 5.97 Å². The third-order valence-electron chi connectivity index (χ3n) is 4.82. The summed E-state index contributed by atoms with van der Waals surface area (Å²) in [4.78, 5) is 16.7. The van der Waals surface area contributed by atoms with Crippen molar-refractivity contribution in [2.45, 2.75) is 6.92 Å². The van der Waals surface area contributed by atoms with E-state index in [1.165, 1.54) is 10.9 Å². The van der Waals surface area contributed by atoms with E-state index in [1.54, 1.807) is 6.92 Å². The van der Waals surface area contributed by atoms with Crippen molar-refractivity contribution < 1.29 is 9.53 Å². The van der Waals surface area contributed by atoms with E-state index in [4.69, 9.17) is 15.5 Å². The van der Waals surface area contributed by atoms with E-state index in [2.05, 4.69) is 27.4 Å². The van der Waals surface area contributed by atoms with Gasteiger partial charge in [0, 0.05) is 10.8 Å². The molecule has 0 bridgehead atoms. The third kappa shape index (κ3) is 2.57. The number of hydrogen-bond acceptors (Lipinski definition) is 7. The van der Waals surface area contributed by atoms with Gasteiger partial charge in [0.05, 0.1) is 12.8 Å². The van der Waals surface area contributed by atoms with Crippen LogP contribution in [-0.4, -0.2) is 37.5 Å². The molecular weight excluding hydrogens is 368 g/mol. The van der Waals surface area contributed by atoms with Gasteiger partial charge in [-0.1, -0.05) is 48.5 Å². The van der Waals surface area contributed by atoms with Crippen LogP contribution < -0.4 is 5.73 Å². The molecule has 2 aromatic heterocycles. The summed E-state index contributed by atoms with van der Waals surface area (Å²) in [6.07, 6.45) is 1.35. The second kappa shape index (κ2) is 6.52. The number of benzene rings is 3. The van der Waals surface area contributed by atoms with E-state index in [1.807, 2.05) is 36.4 Å². The van der Waals surface area contributed by atoms with Crippen molar-refractivity contribution in [3.63, 3.8) is 0 Å². The van der Waals surface area contributed by atoms with Crippen molar-refractivity contribution in [2.75, 3.05) is 12.3 Å². The Labute approximate surface area is 164 Å². The van der Waals surface area contributed by atoms with Crippen LogP contribution in [0.15, 0.2) is 54.7 Å². The van der Waals surface area contributed by atoms with Gasteiger partial charge in [-0.25, -0.2) is 9.78 Å². The van der Waals surface area contributed by atoms with Gasteiger partial charge in [0.25, 0.3) is 5.95 Å².